The Morgan fingerprint density at radius 1 is 1.22 bits per heavy atom. The summed E-state index contributed by atoms with van der Waals surface area (Å²) in [5.74, 6) is -0.938. The molecule has 23 heavy (non-hydrogen) atoms. The number of rotatable bonds is 2. The third-order valence-electron chi connectivity index (χ3n) is 3.00. The number of alkyl halides is 3. The van der Waals surface area contributed by atoms with Gasteiger partial charge in [-0.05, 0) is 18.2 Å². The fourth-order valence-electron chi connectivity index (χ4n) is 1.96. The van der Waals surface area contributed by atoms with Crippen LogP contribution in [0.3, 0.4) is 0 Å². The Kier molecular flexibility index (Phi) is 3.59. The van der Waals surface area contributed by atoms with Gasteiger partial charge in [-0.1, -0.05) is 11.6 Å². The van der Waals surface area contributed by atoms with Gasteiger partial charge in [0.05, 0.1) is 11.3 Å². The molecule has 3 aromatic rings. The van der Waals surface area contributed by atoms with Crippen molar-refractivity contribution in [3.05, 3.63) is 41.1 Å². The first kappa shape index (κ1) is 15.5. The average molecular weight is 346 g/mol. The van der Waals surface area contributed by atoms with Gasteiger partial charge in [0.2, 0.25) is 5.95 Å². The van der Waals surface area contributed by atoms with Crippen LogP contribution in [0.1, 0.15) is 5.69 Å². The fraction of sp³-hybridized carbons (Fsp3) is 0.154. The van der Waals surface area contributed by atoms with Gasteiger partial charge in [0.15, 0.2) is 11.3 Å². The summed E-state index contributed by atoms with van der Waals surface area (Å²) in [6.45, 7) is 0. The molecule has 120 valence electrons. The Morgan fingerprint density at radius 3 is 2.61 bits per heavy atom. The van der Waals surface area contributed by atoms with Crippen molar-refractivity contribution in [2.45, 2.75) is 6.18 Å². The standard InChI is InChI=1S/C13H8ClF4N5/c1-23-5-19-9-10(13(16,17)18)21-12(22-11(9)23)20-6-2-3-8(15)7(14)4-6/h2-5H,1H3,(H,20,21,22). The highest BCUT2D eigenvalue weighted by Gasteiger charge is 2.37. The molecular formula is C13H8ClF4N5. The van der Waals surface area contributed by atoms with E-state index in [1.54, 1.807) is 0 Å². The number of nitrogens with one attached hydrogen (secondary N) is 1. The smallest absolute Gasteiger partial charge is 0.324 e. The molecule has 0 unspecified atom stereocenters. The number of benzene rings is 1. The van der Waals surface area contributed by atoms with E-state index in [2.05, 4.69) is 20.3 Å². The van der Waals surface area contributed by atoms with Crippen LogP contribution in [0.25, 0.3) is 11.2 Å². The van der Waals surface area contributed by atoms with E-state index in [0.717, 1.165) is 6.07 Å². The Balaban J connectivity index is 2.10. The summed E-state index contributed by atoms with van der Waals surface area (Å²) in [5, 5.41) is 2.41. The lowest BCUT2D eigenvalue weighted by Crippen LogP contribution is -2.12. The molecule has 0 saturated heterocycles. The quantitative estimate of drug-likeness (QED) is 0.715. The van der Waals surface area contributed by atoms with E-state index in [9.17, 15) is 17.6 Å². The molecule has 1 aromatic carbocycles. The molecule has 0 aliphatic rings. The first-order chi connectivity index (χ1) is 10.8. The molecule has 0 amide bonds. The van der Waals surface area contributed by atoms with Crippen LogP contribution in [-0.4, -0.2) is 19.5 Å². The second kappa shape index (κ2) is 5.34. The third kappa shape index (κ3) is 2.91. The number of hydrogen-bond acceptors (Lipinski definition) is 4. The number of imidazole rings is 1. The van der Waals surface area contributed by atoms with E-state index in [1.165, 1.54) is 30.1 Å². The first-order valence-corrected chi connectivity index (χ1v) is 6.62. The number of aryl methyl sites for hydroxylation is 1. The first-order valence-electron chi connectivity index (χ1n) is 6.24. The molecule has 0 aliphatic heterocycles. The number of nitrogens with zero attached hydrogens (tertiary/aromatic N) is 4. The number of aromatic nitrogens is 4. The highest BCUT2D eigenvalue weighted by molar-refractivity contribution is 6.31. The number of anilines is 2. The number of fused-ring (bicyclic) bond motifs is 1. The van der Waals surface area contributed by atoms with Gasteiger partial charge in [0.1, 0.15) is 11.3 Å². The van der Waals surface area contributed by atoms with Gasteiger partial charge in [-0.25, -0.2) is 14.4 Å². The lowest BCUT2D eigenvalue weighted by atomic mass is 10.3. The van der Waals surface area contributed by atoms with Crippen molar-refractivity contribution in [3.8, 4) is 0 Å². The SMILES string of the molecule is Cn1cnc2c(C(F)(F)F)nc(Nc3ccc(F)c(Cl)c3)nc21. The van der Waals surface area contributed by atoms with E-state index >= 15 is 0 Å². The van der Waals surface area contributed by atoms with Crippen molar-refractivity contribution in [2.24, 2.45) is 7.05 Å². The zero-order chi connectivity index (χ0) is 16.8. The predicted octanol–water partition coefficient (Wildman–Crippen LogP) is 3.92. The topological polar surface area (TPSA) is 55.6 Å². The molecule has 1 N–H and O–H groups in total. The lowest BCUT2D eigenvalue weighted by Gasteiger charge is -2.10. The molecule has 0 saturated carbocycles. The Labute approximate surface area is 131 Å². The van der Waals surface area contributed by atoms with Crippen molar-refractivity contribution in [1.29, 1.82) is 0 Å². The fourth-order valence-corrected chi connectivity index (χ4v) is 2.14. The van der Waals surface area contributed by atoms with Crippen molar-refractivity contribution in [2.75, 3.05) is 5.32 Å². The maximum absolute atomic E-state index is 13.1. The Hall–Kier alpha value is -2.42. The molecule has 2 aromatic heterocycles. The minimum absolute atomic E-state index is 0.0167. The number of hydrogen-bond donors (Lipinski definition) is 1. The van der Waals surface area contributed by atoms with Crippen molar-refractivity contribution >= 4 is 34.4 Å². The summed E-state index contributed by atoms with van der Waals surface area (Å²) < 4.78 is 53.8. The van der Waals surface area contributed by atoms with E-state index < -0.39 is 17.7 Å². The van der Waals surface area contributed by atoms with E-state index in [-0.39, 0.29) is 27.8 Å². The van der Waals surface area contributed by atoms with Crippen molar-refractivity contribution in [3.63, 3.8) is 0 Å². The van der Waals surface area contributed by atoms with Crippen molar-refractivity contribution in [1.82, 2.24) is 19.5 Å². The highest BCUT2D eigenvalue weighted by Crippen LogP contribution is 2.33. The summed E-state index contributed by atoms with van der Waals surface area (Å²) >= 11 is 5.64. The van der Waals surface area contributed by atoms with Gasteiger partial charge in [-0.3, -0.25) is 0 Å². The minimum atomic E-state index is -4.69. The van der Waals surface area contributed by atoms with Crippen LogP contribution in [-0.2, 0) is 13.2 Å². The van der Waals surface area contributed by atoms with Crippen LogP contribution in [0, 0.1) is 5.82 Å². The lowest BCUT2D eigenvalue weighted by molar-refractivity contribution is -0.139. The van der Waals surface area contributed by atoms with Gasteiger partial charge in [0, 0.05) is 12.7 Å². The summed E-state index contributed by atoms with van der Waals surface area (Å²) in [5.41, 5.74) is -1.23. The maximum Gasteiger partial charge on any atom is 0.435 e. The average Bonchev–Trinajstić information content (AvgIpc) is 2.83. The molecule has 0 atom stereocenters. The summed E-state index contributed by atoms with van der Waals surface area (Å²) in [6.07, 6.45) is -3.47. The molecule has 0 fully saturated rings. The van der Waals surface area contributed by atoms with Gasteiger partial charge in [-0.15, -0.1) is 0 Å². The second-order valence-corrected chi connectivity index (χ2v) is 5.08. The van der Waals surface area contributed by atoms with Gasteiger partial charge < -0.3 is 9.88 Å². The van der Waals surface area contributed by atoms with Crippen molar-refractivity contribution < 1.29 is 17.6 Å². The predicted molar refractivity (Wildman–Crippen MR) is 76.0 cm³/mol. The molecule has 5 nitrogen and oxygen atoms in total. The van der Waals surface area contributed by atoms with Crippen LogP contribution in [0.2, 0.25) is 5.02 Å². The largest absolute Gasteiger partial charge is 0.435 e. The van der Waals surface area contributed by atoms with Gasteiger partial charge >= 0.3 is 6.18 Å². The Bertz CT molecular complexity index is 890. The monoisotopic (exact) mass is 345 g/mol. The van der Waals surface area contributed by atoms with Gasteiger partial charge in [0.25, 0.3) is 0 Å². The summed E-state index contributed by atoms with van der Waals surface area (Å²) in [4.78, 5) is 11.1. The third-order valence-corrected chi connectivity index (χ3v) is 3.29. The molecular weight excluding hydrogens is 338 g/mol. The highest BCUT2D eigenvalue weighted by atomic mass is 35.5. The zero-order valence-corrected chi connectivity index (χ0v) is 12.2. The molecule has 0 bridgehead atoms. The molecule has 0 spiro atoms. The Morgan fingerprint density at radius 2 is 1.96 bits per heavy atom. The van der Waals surface area contributed by atoms with E-state index in [0.29, 0.717) is 0 Å². The minimum Gasteiger partial charge on any atom is -0.324 e. The van der Waals surface area contributed by atoms with Gasteiger partial charge in [-0.2, -0.15) is 18.2 Å². The number of halogens is 5. The second-order valence-electron chi connectivity index (χ2n) is 4.68. The molecule has 2 heterocycles. The van der Waals surface area contributed by atoms with Crippen LogP contribution in [0.15, 0.2) is 24.5 Å². The normalized spacial score (nSPS) is 11.9. The summed E-state index contributed by atoms with van der Waals surface area (Å²) in [6, 6.07) is 3.62. The van der Waals surface area contributed by atoms with E-state index in [1.807, 2.05) is 0 Å². The maximum atomic E-state index is 13.1. The molecule has 10 heteroatoms. The van der Waals surface area contributed by atoms with Crippen LogP contribution in [0.4, 0.5) is 29.2 Å². The molecule has 0 radical (unpaired) electrons. The zero-order valence-electron chi connectivity index (χ0n) is 11.5. The molecule has 0 aliphatic carbocycles. The molecule has 3 rings (SSSR count). The van der Waals surface area contributed by atoms with Crippen LogP contribution < -0.4 is 5.32 Å². The van der Waals surface area contributed by atoms with Crippen LogP contribution >= 0.6 is 11.6 Å². The summed E-state index contributed by atoms with van der Waals surface area (Å²) in [7, 11) is 1.51. The van der Waals surface area contributed by atoms with Crippen LogP contribution in [0.5, 0.6) is 0 Å². The van der Waals surface area contributed by atoms with E-state index in [4.69, 9.17) is 11.6 Å².